The number of nitrogens with two attached hydrogens (primary N) is 2. The maximum Gasteiger partial charge on any atom is 0.187 e. The molecule has 8 heteroatoms. The van der Waals surface area contributed by atoms with Gasteiger partial charge in [-0.05, 0) is 46.8 Å². The van der Waals surface area contributed by atoms with Gasteiger partial charge in [-0.2, -0.15) is 4.68 Å². The van der Waals surface area contributed by atoms with Crippen molar-refractivity contribution in [2.24, 2.45) is 0 Å². The van der Waals surface area contributed by atoms with E-state index in [0.29, 0.717) is 27.9 Å². The van der Waals surface area contributed by atoms with E-state index < -0.39 is 0 Å². The van der Waals surface area contributed by atoms with Crippen molar-refractivity contribution in [1.29, 1.82) is 0 Å². The number of nitrogens with zero attached hydrogens (tertiary/aromatic N) is 4. The first-order valence-corrected chi connectivity index (χ1v) is 7.12. The summed E-state index contributed by atoms with van der Waals surface area (Å²) in [6.45, 7) is 0. The van der Waals surface area contributed by atoms with Crippen molar-refractivity contribution in [2.45, 2.75) is 0 Å². The first kappa shape index (κ1) is 13.8. The summed E-state index contributed by atoms with van der Waals surface area (Å²) < 4.78 is 2.42. The Hall–Kier alpha value is -2.12. The molecule has 6 nitrogen and oxygen atoms in total. The lowest BCUT2D eigenvalue weighted by molar-refractivity contribution is 0.791. The van der Waals surface area contributed by atoms with Crippen LogP contribution in [0.5, 0.6) is 0 Å². The van der Waals surface area contributed by atoms with Crippen LogP contribution >= 0.6 is 27.5 Å². The summed E-state index contributed by atoms with van der Waals surface area (Å²) >= 11 is 9.61. The average molecular weight is 366 g/mol. The van der Waals surface area contributed by atoms with Gasteiger partial charge >= 0.3 is 0 Å². The third kappa shape index (κ3) is 2.70. The Bertz CT molecular complexity index is 796. The van der Waals surface area contributed by atoms with Gasteiger partial charge in [0.15, 0.2) is 5.82 Å². The number of aromatic nitrogens is 4. The van der Waals surface area contributed by atoms with E-state index in [4.69, 9.17) is 23.1 Å². The van der Waals surface area contributed by atoms with Gasteiger partial charge in [-0.25, -0.2) is 0 Å². The summed E-state index contributed by atoms with van der Waals surface area (Å²) in [5.41, 5.74) is 14.1. The zero-order valence-electron chi connectivity index (χ0n) is 10.7. The Morgan fingerprint density at radius 1 is 1.05 bits per heavy atom. The Kier molecular flexibility index (Phi) is 3.52. The van der Waals surface area contributed by atoms with Crippen molar-refractivity contribution >= 4 is 38.9 Å². The second-order valence-corrected chi connectivity index (χ2v) is 5.72. The minimum absolute atomic E-state index is 0.512. The minimum atomic E-state index is 0.512. The van der Waals surface area contributed by atoms with E-state index in [-0.39, 0.29) is 0 Å². The quantitative estimate of drug-likeness (QED) is 0.681. The van der Waals surface area contributed by atoms with Gasteiger partial charge < -0.3 is 11.5 Å². The van der Waals surface area contributed by atoms with Crippen LogP contribution in [-0.4, -0.2) is 20.2 Å². The highest BCUT2D eigenvalue weighted by Crippen LogP contribution is 2.29. The van der Waals surface area contributed by atoms with E-state index >= 15 is 0 Å². The van der Waals surface area contributed by atoms with Gasteiger partial charge in [0.25, 0.3) is 0 Å². The maximum absolute atomic E-state index is 6.25. The third-order valence-electron chi connectivity index (χ3n) is 2.84. The standard InChI is InChI=1S/C13H10BrClN6/c14-8-1-2-12(11(15)5-8)21-13(18-19-20-21)7-3-9(16)6-10(17)4-7/h1-6H,16-17H2. The lowest BCUT2D eigenvalue weighted by Gasteiger charge is -2.08. The number of hydrogen-bond acceptors (Lipinski definition) is 5. The van der Waals surface area contributed by atoms with Crippen LogP contribution in [-0.2, 0) is 0 Å². The lowest BCUT2D eigenvalue weighted by Crippen LogP contribution is -2.01. The van der Waals surface area contributed by atoms with Crippen molar-refractivity contribution in [2.75, 3.05) is 11.5 Å². The molecule has 3 rings (SSSR count). The SMILES string of the molecule is Nc1cc(N)cc(-c2nnnn2-c2ccc(Br)cc2Cl)c1. The van der Waals surface area contributed by atoms with E-state index in [0.717, 1.165) is 10.0 Å². The molecule has 4 N–H and O–H groups in total. The molecule has 3 aromatic rings. The highest BCUT2D eigenvalue weighted by atomic mass is 79.9. The zero-order valence-corrected chi connectivity index (χ0v) is 13.0. The summed E-state index contributed by atoms with van der Waals surface area (Å²) in [4.78, 5) is 0. The largest absolute Gasteiger partial charge is 0.399 e. The molecule has 0 saturated heterocycles. The predicted molar refractivity (Wildman–Crippen MR) is 86.1 cm³/mol. The molecule has 0 bridgehead atoms. The summed E-state index contributed by atoms with van der Waals surface area (Å²) in [5.74, 6) is 0.512. The summed E-state index contributed by atoms with van der Waals surface area (Å²) in [7, 11) is 0. The predicted octanol–water partition coefficient (Wildman–Crippen LogP) is 2.91. The normalized spacial score (nSPS) is 10.8. The molecule has 21 heavy (non-hydrogen) atoms. The molecule has 0 aliphatic carbocycles. The molecule has 1 aromatic heterocycles. The van der Waals surface area contributed by atoms with Gasteiger partial charge in [0, 0.05) is 21.4 Å². The van der Waals surface area contributed by atoms with Crippen LogP contribution in [0, 0.1) is 0 Å². The fraction of sp³-hybridized carbons (Fsp3) is 0. The van der Waals surface area contributed by atoms with Crippen LogP contribution < -0.4 is 11.5 Å². The Labute approximate surface area is 133 Å². The van der Waals surface area contributed by atoms with Crippen molar-refractivity contribution in [3.63, 3.8) is 0 Å². The van der Waals surface area contributed by atoms with Crippen LogP contribution in [0.4, 0.5) is 11.4 Å². The first-order valence-electron chi connectivity index (χ1n) is 5.95. The fourth-order valence-electron chi connectivity index (χ4n) is 1.99. The van der Waals surface area contributed by atoms with Crippen LogP contribution in [0.1, 0.15) is 0 Å². The van der Waals surface area contributed by atoms with Crippen molar-refractivity contribution < 1.29 is 0 Å². The number of anilines is 2. The van der Waals surface area contributed by atoms with Gasteiger partial charge in [-0.1, -0.05) is 27.5 Å². The van der Waals surface area contributed by atoms with Crippen LogP contribution in [0.2, 0.25) is 5.02 Å². The molecule has 0 atom stereocenters. The van der Waals surface area contributed by atoms with Crippen LogP contribution in [0.3, 0.4) is 0 Å². The highest BCUT2D eigenvalue weighted by molar-refractivity contribution is 9.10. The molecule has 0 spiro atoms. The number of rotatable bonds is 2. The second kappa shape index (κ2) is 5.34. The molecule has 0 saturated carbocycles. The van der Waals surface area contributed by atoms with Crippen molar-refractivity contribution in [3.05, 3.63) is 45.9 Å². The number of hydrogen-bond donors (Lipinski definition) is 2. The number of benzene rings is 2. The summed E-state index contributed by atoms with van der Waals surface area (Å²) in [5, 5.41) is 12.2. The van der Waals surface area contributed by atoms with Gasteiger partial charge in [-0.15, -0.1) is 5.10 Å². The fourth-order valence-corrected chi connectivity index (χ4v) is 2.74. The summed E-state index contributed by atoms with van der Waals surface area (Å²) in [6, 6.07) is 10.6. The number of halogens is 2. The third-order valence-corrected chi connectivity index (χ3v) is 3.64. The number of nitrogen functional groups attached to an aromatic ring is 2. The molecule has 0 amide bonds. The molecule has 1 heterocycles. The Morgan fingerprint density at radius 3 is 2.43 bits per heavy atom. The van der Waals surface area contributed by atoms with Gasteiger partial charge in [0.1, 0.15) is 0 Å². The molecule has 106 valence electrons. The molecule has 0 aliphatic heterocycles. The molecule has 0 unspecified atom stereocenters. The molecule has 2 aromatic carbocycles. The Balaban J connectivity index is 2.17. The van der Waals surface area contributed by atoms with Crippen molar-refractivity contribution in [3.8, 4) is 17.1 Å². The monoisotopic (exact) mass is 364 g/mol. The lowest BCUT2D eigenvalue weighted by atomic mass is 10.1. The first-order chi connectivity index (χ1) is 10.0. The molecular formula is C13H10BrClN6. The molecule has 0 fully saturated rings. The zero-order chi connectivity index (χ0) is 15.0. The van der Waals surface area contributed by atoms with E-state index in [9.17, 15) is 0 Å². The number of tetrazole rings is 1. The smallest absolute Gasteiger partial charge is 0.187 e. The molecular weight excluding hydrogens is 356 g/mol. The van der Waals surface area contributed by atoms with Crippen molar-refractivity contribution in [1.82, 2.24) is 20.2 Å². The minimum Gasteiger partial charge on any atom is -0.399 e. The Morgan fingerprint density at radius 2 is 1.76 bits per heavy atom. The summed E-state index contributed by atoms with van der Waals surface area (Å²) in [6.07, 6.45) is 0. The van der Waals surface area contributed by atoms with Crippen LogP contribution in [0.25, 0.3) is 17.1 Å². The van der Waals surface area contributed by atoms with E-state index in [1.54, 1.807) is 28.9 Å². The average Bonchev–Trinajstić information content (AvgIpc) is 2.86. The van der Waals surface area contributed by atoms with E-state index in [1.165, 1.54) is 0 Å². The molecule has 0 radical (unpaired) electrons. The van der Waals surface area contributed by atoms with Gasteiger partial charge in [-0.3, -0.25) is 0 Å². The molecule has 0 aliphatic rings. The van der Waals surface area contributed by atoms with Gasteiger partial charge in [0.05, 0.1) is 10.7 Å². The maximum atomic E-state index is 6.25. The topological polar surface area (TPSA) is 95.6 Å². The van der Waals surface area contributed by atoms with Gasteiger partial charge in [0.2, 0.25) is 0 Å². The second-order valence-electron chi connectivity index (χ2n) is 4.40. The van der Waals surface area contributed by atoms with E-state index in [2.05, 4.69) is 31.5 Å². The van der Waals surface area contributed by atoms with E-state index in [1.807, 2.05) is 12.1 Å². The van der Waals surface area contributed by atoms with Crippen LogP contribution in [0.15, 0.2) is 40.9 Å². The highest BCUT2D eigenvalue weighted by Gasteiger charge is 2.14.